The molecule has 3 heteroatoms. The minimum absolute atomic E-state index is 0.440. The van der Waals surface area contributed by atoms with Crippen LogP contribution in [0, 0.1) is 21.8 Å². The zero-order valence-electron chi connectivity index (χ0n) is 6.93. The van der Waals surface area contributed by atoms with Crippen molar-refractivity contribution in [2.45, 2.75) is 5.92 Å². The first-order valence-electron chi connectivity index (χ1n) is 3.78. The summed E-state index contributed by atoms with van der Waals surface area (Å²) in [6.07, 6.45) is 0. The lowest BCUT2D eigenvalue weighted by Crippen LogP contribution is -2.00. The zero-order valence-corrected chi connectivity index (χ0v) is 9.08. The van der Waals surface area contributed by atoms with Crippen molar-refractivity contribution in [2.75, 3.05) is 6.67 Å². The van der Waals surface area contributed by atoms with E-state index in [2.05, 4.69) is 35.6 Å². The van der Waals surface area contributed by atoms with Crippen LogP contribution in [0.15, 0.2) is 18.2 Å². The van der Waals surface area contributed by atoms with Crippen molar-refractivity contribution in [3.8, 4) is 6.07 Å². The molecule has 1 atom stereocenters. The van der Waals surface area contributed by atoms with Gasteiger partial charge in [0.15, 0.2) is 0 Å². The summed E-state index contributed by atoms with van der Waals surface area (Å²) in [6.45, 7) is 3.11. The van der Waals surface area contributed by atoms with Gasteiger partial charge in [0.05, 0.1) is 12.2 Å². The first-order valence-corrected chi connectivity index (χ1v) is 4.86. The molecule has 0 saturated heterocycles. The lowest BCUT2D eigenvalue weighted by atomic mass is 9.97. The van der Waals surface area contributed by atoms with Gasteiger partial charge < -0.3 is 0 Å². The number of nitrogens with zero attached hydrogens (tertiary/aromatic N) is 1. The third-order valence-corrected chi connectivity index (χ3v) is 2.68. The molecule has 0 aromatic heterocycles. The van der Waals surface area contributed by atoms with Crippen molar-refractivity contribution in [3.05, 3.63) is 39.8 Å². The molecular formula is C10H8FIN. The highest BCUT2D eigenvalue weighted by atomic mass is 127. The van der Waals surface area contributed by atoms with Gasteiger partial charge in [-0.15, -0.1) is 0 Å². The van der Waals surface area contributed by atoms with Crippen molar-refractivity contribution in [1.29, 1.82) is 5.26 Å². The summed E-state index contributed by atoms with van der Waals surface area (Å²) >= 11 is 2.06. The smallest absolute Gasteiger partial charge is 0.101 e. The number of hydrogen-bond donors (Lipinski definition) is 0. The van der Waals surface area contributed by atoms with Crippen LogP contribution in [0.4, 0.5) is 4.39 Å². The van der Waals surface area contributed by atoms with Crippen LogP contribution in [-0.2, 0) is 0 Å². The highest BCUT2D eigenvalue weighted by Crippen LogP contribution is 2.23. The molecule has 0 bridgehead atoms. The minimum atomic E-state index is -0.533. The van der Waals surface area contributed by atoms with Crippen LogP contribution in [0.25, 0.3) is 0 Å². The van der Waals surface area contributed by atoms with Crippen LogP contribution in [-0.4, -0.2) is 6.67 Å². The summed E-state index contributed by atoms with van der Waals surface area (Å²) in [4.78, 5) is 0. The number of benzene rings is 1. The molecule has 0 aliphatic rings. The van der Waals surface area contributed by atoms with Crippen LogP contribution in [0.2, 0.25) is 0 Å². The second-order valence-corrected chi connectivity index (χ2v) is 3.83. The van der Waals surface area contributed by atoms with Gasteiger partial charge in [0, 0.05) is 9.49 Å². The summed E-state index contributed by atoms with van der Waals surface area (Å²) in [6, 6.07) is 7.45. The lowest BCUT2D eigenvalue weighted by Gasteiger charge is -2.09. The maximum absolute atomic E-state index is 12.3. The van der Waals surface area contributed by atoms with Crippen molar-refractivity contribution in [1.82, 2.24) is 0 Å². The van der Waals surface area contributed by atoms with Crippen molar-refractivity contribution in [2.24, 2.45) is 0 Å². The van der Waals surface area contributed by atoms with Crippen LogP contribution in [0.5, 0.6) is 0 Å². The van der Waals surface area contributed by atoms with E-state index in [0.717, 1.165) is 3.57 Å². The van der Waals surface area contributed by atoms with Crippen molar-refractivity contribution >= 4 is 22.6 Å². The standard InChI is InChI=1S/C10H8FIN/c1-7(5-11)8-3-2-4-10(12)9(8)6-13/h2-4,7H,1,5H2. The molecule has 1 nitrogen and oxygen atoms in total. The molecule has 1 unspecified atom stereocenters. The minimum Gasteiger partial charge on any atom is -0.250 e. The van der Waals surface area contributed by atoms with Gasteiger partial charge in [-0.3, -0.25) is 4.39 Å². The lowest BCUT2D eigenvalue weighted by molar-refractivity contribution is 0.465. The molecule has 1 aromatic rings. The van der Waals surface area contributed by atoms with Gasteiger partial charge in [-0.25, -0.2) is 0 Å². The molecular weight excluding hydrogens is 280 g/mol. The molecule has 0 saturated carbocycles. The third kappa shape index (κ3) is 2.19. The van der Waals surface area contributed by atoms with Crippen LogP contribution >= 0.6 is 22.6 Å². The van der Waals surface area contributed by atoms with Crippen LogP contribution < -0.4 is 0 Å². The molecule has 67 valence electrons. The Labute approximate surface area is 90.7 Å². The van der Waals surface area contributed by atoms with E-state index in [1.54, 1.807) is 6.07 Å². The molecule has 0 heterocycles. The Morgan fingerprint density at radius 1 is 1.62 bits per heavy atom. The summed E-state index contributed by atoms with van der Waals surface area (Å²) in [7, 11) is 0. The first kappa shape index (κ1) is 10.5. The fourth-order valence-electron chi connectivity index (χ4n) is 1.08. The topological polar surface area (TPSA) is 23.8 Å². The SMILES string of the molecule is [CH2]C(CF)c1cccc(I)c1C#N. The first-order chi connectivity index (χ1) is 6.20. The quantitative estimate of drug-likeness (QED) is 0.767. The average molecular weight is 288 g/mol. The molecule has 0 N–H and O–H groups in total. The van der Waals surface area contributed by atoms with Gasteiger partial charge in [0.2, 0.25) is 0 Å². The van der Waals surface area contributed by atoms with Gasteiger partial charge in [-0.05, 0) is 41.1 Å². The van der Waals surface area contributed by atoms with Gasteiger partial charge in [0.1, 0.15) is 6.07 Å². The number of hydrogen-bond acceptors (Lipinski definition) is 1. The van der Waals surface area contributed by atoms with Gasteiger partial charge >= 0.3 is 0 Å². The normalized spacial score (nSPS) is 12.2. The molecule has 1 rings (SSSR count). The highest BCUT2D eigenvalue weighted by molar-refractivity contribution is 14.1. The maximum atomic E-state index is 12.3. The average Bonchev–Trinajstić information content (AvgIpc) is 2.16. The molecule has 0 amide bonds. The van der Waals surface area contributed by atoms with Gasteiger partial charge in [-0.2, -0.15) is 5.26 Å². The van der Waals surface area contributed by atoms with Gasteiger partial charge in [-0.1, -0.05) is 12.1 Å². The fraction of sp³-hybridized carbons (Fsp3) is 0.200. The number of rotatable bonds is 2. The Morgan fingerprint density at radius 3 is 2.85 bits per heavy atom. The molecule has 0 aliphatic carbocycles. The number of alkyl halides is 1. The van der Waals surface area contributed by atoms with E-state index in [4.69, 9.17) is 5.26 Å². The van der Waals surface area contributed by atoms with Gasteiger partial charge in [0.25, 0.3) is 0 Å². The highest BCUT2D eigenvalue weighted by Gasteiger charge is 2.12. The zero-order chi connectivity index (χ0) is 9.84. The summed E-state index contributed by atoms with van der Waals surface area (Å²) < 4.78 is 13.2. The molecule has 1 aromatic carbocycles. The van der Waals surface area contributed by atoms with Crippen molar-refractivity contribution < 1.29 is 4.39 Å². The van der Waals surface area contributed by atoms with E-state index in [1.165, 1.54) is 0 Å². The van der Waals surface area contributed by atoms with Crippen LogP contribution in [0.1, 0.15) is 17.0 Å². The Balaban J connectivity index is 3.22. The number of halogens is 2. The van der Waals surface area contributed by atoms with E-state index in [1.807, 2.05) is 12.1 Å². The largest absolute Gasteiger partial charge is 0.250 e. The van der Waals surface area contributed by atoms with E-state index >= 15 is 0 Å². The molecule has 1 radical (unpaired) electrons. The Kier molecular flexibility index (Phi) is 3.67. The summed E-state index contributed by atoms with van der Waals surface area (Å²) in [5, 5.41) is 8.84. The molecule has 0 spiro atoms. The molecule has 0 aliphatic heterocycles. The second-order valence-electron chi connectivity index (χ2n) is 2.67. The summed E-state index contributed by atoms with van der Waals surface area (Å²) in [5.74, 6) is -0.440. The second kappa shape index (κ2) is 4.56. The predicted octanol–water partition coefficient (Wildman–Crippen LogP) is 3.05. The monoisotopic (exact) mass is 288 g/mol. The van der Waals surface area contributed by atoms with E-state index < -0.39 is 12.6 Å². The Morgan fingerprint density at radius 2 is 2.31 bits per heavy atom. The maximum Gasteiger partial charge on any atom is 0.101 e. The molecule has 13 heavy (non-hydrogen) atoms. The third-order valence-electron chi connectivity index (χ3n) is 1.78. The molecule has 0 fully saturated rings. The van der Waals surface area contributed by atoms with E-state index in [9.17, 15) is 4.39 Å². The van der Waals surface area contributed by atoms with Crippen molar-refractivity contribution in [3.63, 3.8) is 0 Å². The predicted molar refractivity (Wildman–Crippen MR) is 57.9 cm³/mol. The summed E-state index contributed by atoms with van der Waals surface area (Å²) in [5.41, 5.74) is 1.23. The van der Waals surface area contributed by atoms with E-state index in [-0.39, 0.29) is 0 Å². The van der Waals surface area contributed by atoms with Crippen LogP contribution in [0.3, 0.4) is 0 Å². The van der Waals surface area contributed by atoms with E-state index in [0.29, 0.717) is 11.1 Å². The Hall–Kier alpha value is -0.630. The number of nitriles is 1. The fourth-order valence-corrected chi connectivity index (χ4v) is 1.72. The Bertz CT molecular complexity index is 343.